The van der Waals surface area contributed by atoms with Gasteiger partial charge in [0.25, 0.3) is 0 Å². The minimum Gasteiger partial charge on any atom is -0.466 e. The largest absolute Gasteiger partial charge is 0.466 e. The number of nitrogens with zero attached hydrogens (tertiary/aromatic N) is 1. The number of H-pyrrole nitrogens is 1. The molecular weight excluding hydrogens is 339 g/mol. The SMILES string of the molecule is CCOC(=O)C/C(=N/NC(=O)Cc1c[nH]c2ccccc12)C(F)(F)F. The Morgan fingerprint density at radius 1 is 1.28 bits per heavy atom. The molecule has 0 saturated heterocycles. The van der Waals surface area contributed by atoms with Crippen molar-refractivity contribution in [3.63, 3.8) is 0 Å². The van der Waals surface area contributed by atoms with Crippen molar-refractivity contribution in [1.29, 1.82) is 0 Å². The molecule has 1 aromatic carbocycles. The fourth-order valence-electron chi connectivity index (χ4n) is 2.17. The molecule has 2 aromatic rings. The van der Waals surface area contributed by atoms with Crippen molar-refractivity contribution >= 4 is 28.5 Å². The Morgan fingerprint density at radius 2 is 2.00 bits per heavy atom. The zero-order valence-corrected chi connectivity index (χ0v) is 13.3. The lowest BCUT2D eigenvalue weighted by Crippen LogP contribution is -2.31. The lowest BCUT2D eigenvalue weighted by molar-refractivity contribution is -0.142. The quantitative estimate of drug-likeness (QED) is 0.475. The van der Waals surface area contributed by atoms with E-state index in [1.54, 1.807) is 18.3 Å². The molecule has 9 heteroatoms. The van der Waals surface area contributed by atoms with Crippen molar-refractivity contribution in [2.45, 2.75) is 25.9 Å². The van der Waals surface area contributed by atoms with Gasteiger partial charge in [0.05, 0.1) is 19.4 Å². The zero-order chi connectivity index (χ0) is 18.4. The van der Waals surface area contributed by atoms with Crippen LogP contribution in [0.15, 0.2) is 35.6 Å². The van der Waals surface area contributed by atoms with Gasteiger partial charge in [0.15, 0.2) is 5.71 Å². The number of aromatic amines is 1. The number of carbonyl (C=O) groups is 2. The molecule has 1 heterocycles. The average Bonchev–Trinajstić information content (AvgIpc) is 2.94. The number of ether oxygens (including phenoxy) is 1. The summed E-state index contributed by atoms with van der Waals surface area (Å²) in [6, 6.07) is 7.21. The standard InChI is InChI=1S/C16H16F3N3O3/c1-2-25-15(24)8-13(16(17,18)19)21-22-14(23)7-10-9-20-12-6-4-3-5-11(10)12/h3-6,9,20H,2,7-8H2,1H3,(H,22,23)/b21-13-. The number of fused-ring (bicyclic) bond motifs is 1. The zero-order valence-electron chi connectivity index (χ0n) is 13.3. The fourth-order valence-corrected chi connectivity index (χ4v) is 2.17. The lowest BCUT2D eigenvalue weighted by Gasteiger charge is -2.10. The maximum atomic E-state index is 12.9. The van der Waals surface area contributed by atoms with E-state index in [1.165, 1.54) is 6.92 Å². The van der Waals surface area contributed by atoms with Gasteiger partial charge in [-0.2, -0.15) is 18.3 Å². The molecule has 0 unspecified atom stereocenters. The smallest absolute Gasteiger partial charge is 0.431 e. The van der Waals surface area contributed by atoms with Crippen LogP contribution in [0.2, 0.25) is 0 Å². The molecule has 0 aliphatic carbocycles. The Morgan fingerprint density at radius 3 is 2.68 bits per heavy atom. The van der Waals surface area contributed by atoms with Gasteiger partial charge in [-0.15, -0.1) is 0 Å². The summed E-state index contributed by atoms with van der Waals surface area (Å²) in [6.07, 6.45) is -4.46. The van der Waals surface area contributed by atoms with Gasteiger partial charge in [0, 0.05) is 17.1 Å². The third-order valence-electron chi connectivity index (χ3n) is 3.29. The van der Waals surface area contributed by atoms with Crippen molar-refractivity contribution in [2.24, 2.45) is 5.10 Å². The molecule has 0 fully saturated rings. The number of aromatic nitrogens is 1. The number of nitrogens with one attached hydrogen (secondary N) is 2. The number of carbonyl (C=O) groups excluding carboxylic acids is 2. The number of esters is 1. The van der Waals surface area contributed by atoms with Gasteiger partial charge < -0.3 is 9.72 Å². The number of hydrogen-bond donors (Lipinski definition) is 2. The number of hydrogen-bond acceptors (Lipinski definition) is 4. The highest BCUT2D eigenvalue weighted by Gasteiger charge is 2.37. The van der Waals surface area contributed by atoms with E-state index in [4.69, 9.17) is 0 Å². The van der Waals surface area contributed by atoms with Crippen LogP contribution in [-0.2, 0) is 20.7 Å². The molecule has 2 rings (SSSR count). The summed E-state index contributed by atoms with van der Waals surface area (Å²) in [4.78, 5) is 26.1. The molecule has 1 amide bonds. The molecule has 0 radical (unpaired) electrons. The van der Waals surface area contributed by atoms with Crippen molar-refractivity contribution in [2.75, 3.05) is 6.61 Å². The topological polar surface area (TPSA) is 83.5 Å². The molecule has 0 atom stereocenters. The molecule has 1 aromatic heterocycles. The normalized spacial score (nSPS) is 12.2. The summed E-state index contributed by atoms with van der Waals surface area (Å²) < 4.78 is 43.1. The van der Waals surface area contributed by atoms with Gasteiger partial charge >= 0.3 is 12.1 Å². The number of hydrazone groups is 1. The molecule has 0 spiro atoms. The molecule has 0 aliphatic rings. The van der Waals surface area contributed by atoms with Crippen LogP contribution in [0.3, 0.4) is 0 Å². The summed E-state index contributed by atoms with van der Waals surface area (Å²) in [5, 5.41) is 3.85. The minimum atomic E-state index is -4.85. The first kappa shape index (κ1) is 18.5. The highest BCUT2D eigenvalue weighted by molar-refractivity contribution is 6.02. The molecule has 6 nitrogen and oxygen atoms in total. The van der Waals surface area contributed by atoms with Gasteiger partial charge in [-0.25, -0.2) is 5.43 Å². The molecule has 0 aliphatic heterocycles. The minimum absolute atomic E-state index is 0.0447. The van der Waals surface area contributed by atoms with E-state index in [9.17, 15) is 22.8 Å². The van der Waals surface area contributed by atoms with Crippen LogP contribution < -0.4 is 5.43 Å². The van der Waals surface area contributed by atoms with Gasteiger partial charge in [-0.1, -0.05) is 18.2 Å². The van der Waals surface area contributed by atoms with E-state index >= 15 is 0 Å². The predicted octanol–water partition coefficient (Wildman–Crippen LogP) is 2.70. The van der Waals surface area contributed by atoms with E-state index < -0.39 is 30.2 Å². The Kier molecular flexibility index (Phi) is 5.79. The summed E-state index contributed by atoms with van der Waals surface area (Å²) in [5.74, 6) is -1.79. The maximum absolute atomic E-state index is 12.9. The monoisotopic (exact) mass is 355 g/mol. The molecular formula is C16H16F3N3O3. The second-order valence-electron chi connectivity index (χ2n) is 5.11. The van der Waals surface area contributed by atoms with E-state index in [-0.39, 0.29) is 13.0 Å². The van der Waals surface area contributed by atoms with Crippen LogP contribution in [0.1, 0.15) is 18.9 Å². The summed E-state index contributed by atoms with van der Waals surface area (Å²) in [6.45, 7) is 1.43. The van der Waals surface area contributed by atoms with Crippen molar-refractivity contribution < 1.29 is 27.5 Å². The first-order chi connectivity index (χ1) is 11.8. The van der Waals surface area contributed by atoms with E-state index in [2.05, 4.69) is 14.8 Å². The van der Waals surface area contributed by atoms with Gasteiger partial charge in [-0.05, 0) is 18.6 Å². The number of para-hydroxylation sites is 1. The summed E-state index contributed by atoms with van der Waals surface area (Å²) >= 11 is 0. The molecule has 134 valence electrons. The van der Waals surface area contributed by atoms with Crippen molar-refractivity contribution in [3.8, 4) is 0 Å². The summed E-state index contributed by atoms with van der Waals surface area (Å²) in [5.41, 5.74) is 1.87. The van der Waals surface area contributed by atoms with Crippen LogP contribution in [0, 0.1) is 0 Å². The third-order valence-corrected chi connectivity index (χ3v) is 3.29. The van der Waals surface area contributed by atoms with Crippen LogP contribution in [-0.4, -0.2) is 35.4 Å². The second kappa shape index (κ2) is 7.82. The predicted molar refractivity (Wildman–Crippen MR) is 84.9 cm³/mol. The molecule has 0 bridgehead atoms. The highest BCUT2D eigenvalue weighted by atomic mass is 19.4. The highest BCUT2D eigenvalue weighted by Crippen LogP contribution is 2.20. The van der Waals surface area contributed by atoms with E-state index in [1.807, 2.05) is 17.6 Å². The number of benzene rings is 1. The van der Waals surface area contributed by atoms with Crippen LogP contribution in [0.25, 0.3) is 10.9 Å². The maximum Gasteiger partial charge on any atom is 0.431 e. The molecule has 0 saturated carbocycles. The van der Waals surface area contributed by atoms with Crippen molar-refractivity contribution in [3.05, 3.63) is 36.0 Å². The second-order valence-corrected chi connectivity index (χ2v) is 5.11. The number of halogens is 3. The first-order valence-corrected chi connectivity index (χ1v) is 7.44. The third kappa shape index (κ3) is 5.07. The Labute approximate surface area is 141 Å². The molecule has 25 heavy (non-hydrogen) atoms. The van der Waals surface area contributed by atoms with Crippen molar-refractivity contribution in [1.82, 2.24) is 10.4 Å². The first-order valence-electron chi connectivity index (χ1n) is 7.44. The molecule has 2 N–H and O–H groups in total. The van der Waals surface area contributed by atoms with Crippen LogP contribution in [0.5, 0.6) is 0 Å². The fraction of sp³-hybridized carbons (Fsp3) is 0.312. The van der Waals surface area contributed by atoms with E-state index in [0.717, 1.165) is 10.9 Å². The number of amides is 1. The Bertz CT molecular complexity index is 797. The van der Waals surface area contributed by atoms with Gasteiger partial charge in [0.1, 0.15) is 0 Å². The lowest BCUT2D eigenvalue weighted by atomic mass is 10.1. The van der Waals surface area contributed by atoms with Gasteiger partial charge in [0.2, 0.25) is 5.91 Å². The summed E-state index contributed by atoms with van der Waals surface area (Å²) in [7, 11) is 0. The van der Waals surface area contributed by atoms with Gasteiger partial charge in [-0.3, -0.25) is 9.59 Å². The van der Waals surface area contributed by atoms with E-state index in [0.29, 0.717) is 5.56 Å². The van der Waals surface area contributed by atoms with Crippen LogP contribution >= 0.6 is 0 Å². The number of alkyl halides is 3. The Hall–Kier alpha value is -2.84. The Balaban J connectivity index is 2.06. The number of rotatable bonds is 6. The average molecular weight is 355 g/mol. The van der Waals surface area contributed by atoms with Crippen LogP contribution in [0.4, 0.5) is 13.2 Å².